The Kier molecular flexibility index (Phi) is 24.0. The number of hydrogen-bond acceptors (Lipinski definition) is 31. The second-order valence-corrected chi connectivity index (χ2v) is 32.1. The van der Waals surface area contributed by atoms with E-state index < -0.39 is 222 Å². The Balaban J connectivity index is 0.986. The first kappa shape index (κ1) is 78.3. The Morgan fingerprint density at radius 3 is 1.75 bits per heavy atom. The van der Waals surface area contributed by atoms with Crippen LogP contribution in [0.4, 0.5) is 0 Å². The molecule has 5 aliphatic heterocycles. The van der Waals surface area contributed by atoms with Gasteiger partial charge in [0, 0.05) is 7.11 Å². The maximum atomic E-state index is 12.6. The summed E-state index contributed by atoms with van der Waals surface area (Å²) in [5.74, 6) is -0.0702. The third kappa shape index (κ3) is 15.8. The summed E-state index contributed by atoms with van der Waals surface area (Å²) in [6.45, 7) is 14.1. The smallest absolute Gasteiger partial charge is 0.390 e. The van der Waals surface area contributed by atoms with Crippen molar-refractivity contribution in [2.45, 2.75) is 273 Å². The summed E-state index contributed by atoms with van der Waals surface area (Å²) in [6, 6.07) is 0. The van der Waals surface area contributed by atoms with Crippen molar-refractivity contribution in [2.24, 2.45) is 39.4 Å². The first-order valence-corrected chi connectivity index (χ1v) is 36.2. The van der Waals surface area contributed by atoms with E-state index in [2.05, 4.69) is 49.1 Å². The van der Waals surface area contributed by atoms with Gasteiger partial charge >= 0.3 is 31.2 Å². The number of hydrogen-bond donors (Lipinski definition) is 14. The van der Waals surface area contributed by atoms with Gasteiger partial charge in [-0.25, -0.2) is 12.5 Å². The second-order valence-electron chi connectivity index (χ2n) is 28.9. The van der Waals surface area contributed by atoms with Crippen LogP contribution < -0.4 is 0 Å². The van der Waals surface area contributed by atoms with Crippen molar-refractivity contribution in [3.05, 3.63) is 23.3 Å². The molecule has 32 atom stereocenters. The summed E-state index contributed by atoms with van der Waals surface area (Å²) >= 11 is 0. The van der Waals surface area contributed by atoms with Crippen LogP contribution in [0.2, 0.25) is 0 Å². The topological polar surface area (TPSA) is 515 Å². The molecule has 9 aliphatic rings. The molecule has 0 unspecified atom stereocenters. The summed E-state index contributed by atoms with van der Waals surface area (Å²) < 4.78 is 179. The molecular weight excluding hydrogens is 1350 g/mol. The van der Waals surface area contributed by atoms with E-state index in [1.54, 1.807) is 6.92 Å². The van der Waals surface area contributed by atoms with Crippen LogP contribution in [0.15, 0.2) is 23.3 Å². The Morgan fingerprint density at radius 2 is 1.17 bits per heavy atom. The lowest BCUT2D eigenvalue weighted by Crippen LogP contribution is -2.68. The van der Waals surface area contributed by atoms with Crippen LogP contribution in [0.5, 0.6) is 0 Å². The van der Waals surface area contributed by atoms with Crippen LogP contribution in [0, 0.1) is 39.4 Å². The van der Waals surface area contributed by atoms with Crippen LogP contribution >= 0.6 is 0 Å². The van der Waals surface area contributed by atoms with Crippen molar-refractivity contribution in [1.29, 1.82) is 0 Å². The standard InChI is InChI=1S/C59H98O34S3/c1-25(2)11-14-35(61)59(9,70)34-16-20-57(7)28-12-13-33-55(4,5)36(17-18-56(33,6)27(28)15-19-58(34,57)8)88-53-48(40(65)32(22-82-53)93-96(77,78)79)92-54-49(91-50-41(66)37(62)29(60)21-81-50)42(67)45(26(3)85-54)89-52-44(69)47(39(64)31(87-52)24-84-95(74,75)76)90-51-43(68)46(80-10)38(63)30(86-51)23-83-94(71,72)73/h11,15,26,28-54,60-70H,12-14,16-24H2,1-10H3,(H,71,72,73)(H,74,75,76)(H,77,78,79)/t26-,28-,29-,30-,31-,32-,33+,34+,35-,36+,37+,38-,39-,40+,41-,42+,43-,44-,45-,46+,47+,48-,49-,50+,51+,52+,53+,54+,56-,57+,58-,59-/m1/s1. The average Bonchev–Trinajstić information content (AvgIpc) is 1.39. The minimum Gasteiger partial charge on any atom is -0.390 e. The molecule has 0 radical (unpaired) electrons. The number of ether oxygens (including phenoxy) is 11. The highest BCUT2D eigenvalue weighted by atomic mass is 32.3. The molecule has 37 heteroatoms. The molecule has 0 aromatic rings. The highest BCUT2D eigenvalue weighted by Gasteiger charge is 2.68. The van der Waals surface area contributed by atoms with Crippen molar-refractivity contribution < 1.29 is 160 Å². The lowest BCUT2D eigenvalue weighted by Gasteiger charge is -2.65. The fourth-order valence-electron chi connectivity index (χ4n) is 17.1. The third-order valence-corrected chi connectivity index (χ3v) is 23.9. The third-order valence-electron chi connectivity index (χ3n) is 22.5. The van der Waals surface area contributed by atoms with E-state index in [1.807, 2.05) is 19.9 Å². The van der Waals surface area contributed by atoms with E-state index in [0.29, 0.717) is 25.7 Å². The fourth-order valence-corrected chi connectivity index (χ4v) is 18.2. The van der Waals surface area contributed by atoms with Gasteiger partial charge in [0.1, 0.15) is 104 Å². The predicted octanol–water partition coefficient (Wildman–Crippen LogP) is -2.02. The summed E-state index contributed by atoms with van der Waals surface area (Å²) in [4.78, 5) is 0. The van der Waals surface area contributed by atoms with Crippen molar-refractivity contribution >= 4 is 31.2 Å². The zero-order valence-corrected chi connectivity index (χ0v) is 57.4. The number of aliphatic hydroxyl groups is 11. The number of rotatable bonds is 23. The van der Waals surface area contributed by atoms with Gasteiger partial charge in [-0.15, -0.1) is 0 Å². The normalized spacial score (nSPS) is 47.1. The van der Waals surface area contributed by atoms with Gasteiger partial charge in [-0.2, -0.15) is 25.3 Å². The van der Waals surface area contributed by atoms with E-state index in [4.69, 9.17) is 56.3 Å². The molecule has 0 bridgehead atoms. The molecule has 14 N–H and O–H groups in total. The SMILES string of the molecule is CO[C@@H]1[C@@H](O)[C@H](O[C@@H]2[C@@H](O)[C@H](O[C@H]3[C@H](O)[C@@H](O[C@@H]4OC[C@@H](O)[C@H](O)[C@H]4O)[C@H](O[C@H]4[C@H](O[C@H]5CC[C@]6(C)C7=CC[C@]8(C)[C@@H]([C@@](C)(O)[C@H](O)CC=C(C)C)CC[C@@]8(C)[C@@H]7CC[C@H]6C5(C)C)OC[C@@H](OS(=O)(=O)O)[C@@H]4O)O[C@@H]3C)O[C@H](COS(=O)(=O)O)[C@H]2O)O[C@H](COS(=O)(=O)O)[C@H]1O. The minimum atomic E-state index is -5.32. The first-order valence-electron chi connectivity index (χ1n) is 32.1. The molecule has 556 valence electrons. The molecular formula is C59H98O34S3. The number of aliphatic hydroxyl groups excluding tert-OH is 10. The van der Waals surface area contributed by atoms with Gasteiger partial charge < -0.3 is 108 Å². The lowest BCUT2D eigenvalue weighted by atomic mass is 9.41. The van der Waals surface area contributed by atoms with Crippen molar-refractivity contribution in [1.82, 2.24) is 0 Å². The van der Waals surface area contributed by atoms with E-state index in [9.17, 15) is 95.1 Å². The highest BCUT2D eigenvalue weighted by molar-refractivity contribution is 7.81. The van der Waals surface area contributed by atoms with E-state index >= 15 is 0 Å². The Morgan fingerprint density at radius 1 is 0.615 bits per heavy atom. The summed E-state index contributed by atoms with van der Waals surface area (Å²) in [5.41, 5.74) is -0.622. The van der Waals surface area contributed by atoms with Gasteiger partial charge in [-0.3, -0.25) is 13.7 Å². The van der Waals surface area contributed by atoms with Gasteiger partial charge in [0.25, 0.3) is 0 Å². The van der Waals surface area contributed by atoms with Gasteiger partial charge in [0.15, 0.2) is 31.5 Å². The van der Waals surface area contributed by atoms with Crippen LogP contribution in [-0.2, 0) is 95.9 Å². The van der Waals surface area contributed by atoms with E-state index in [-0.39, 0.29) is 34.0 Å². The largest absolute Gasteiger partial charge is 0.397 e. The Hall–Kier alpha value is -1.79. The predicted molar refractivity (Wildman–Crippen MR) is 321 cm³/mol. The summed E-state index contributed by atoms with van der Waals surface area (Å²) in [7, 11) is -14.8. The Bertz CT molecular complexity index is 3080. The van der Waals surface area contributed by atoms with Crippen molar-refractivity contribution in [3.8, 4) is 0 Å². The maximum Gasteiger partial charge on any atom is 0.397 e. The number of methoxy groups -OCH3 is 1. The van der Waals surface area contributed by atoms with Crippen LogP contribution in [0.25, 0.3) is 0 Å². The molecule has 9 rings (SSSR count). The van der Waals surface area contributed by atoms with E-state index in [1.165, 1.54) is 12.5 Å². The molecule has 0 aromatic heterocycles. The first-order chi connectivity index (χ1) is 44.4. The van der Waals surface area contributed by atoms with Crippen LogP contribution in [-0.4, -0.2) is 288 Å². The van der Waals surface area contributed by atoms with Crippen LogP contribution in [0.1, 0.15) is 114 Å². The molecule has 0 amide bonds. The lowest BCUT2D eigenvalue weighted by molar-refractivity contribution is -0.403. The number of allylic oxidation sites excluding steroid dienone is 3. The zero-order chi connectivity index (χ0) is 71.1. The summed E-state index contributed by atoms with van der Waals surface area (Å²) in [6.07, 6.45) is -37.7. The monoisotopic (exact) mass is 1450 g/mol. The van der Waals surface area contributed by atoms with Gasteiger partial charge in [0.05, 0.1) is 50.3 Å². The molecule has 4 aliphatic carbocycles. The summed E-state index contributed by atoms with van der Waals surface area (Å²) in [5, 5.41) is 126. The fraction of sp³-hybridized carbons (Fsp3) is 0.932. The van der Waals surface area contributed by atoms with Crippen molar-refractivity contribution in [3.63, 3.8) is 0 Å². The highest BCUT2D eigenvalue weighted by Crippen LogP contribution is 2.74. The molecule has 96 heavy (non-hydrogen) atoms. The molecule has 0 spiro atoms. The second kappa shape index (κ2) is 29.4. The molecule has 0 aromatic carbocycles. The Labute approximate surface area is 557 Å². The van der Waals surface area contributed by atoms with E-state index in [0.717, 1.165) is 38.4 Å². The van der Waals surface area contributed by atoms with Gasteiger partial charge in [-0.1, -0.05) is 57.9 Å². The van der Waals surface area contributed by atoms with Crippen LogP contribution in [0.3, 0.4) is 0 Å². The minimum absolute atomic E-state index is 0.0309. The quantitative estimate of drug-likeness (QED) is 0.0298. The van der Waals surface area contributed by atoms with Crippen molar-refractivity contribution in [2.75, 3.05) is 33.5 Å². The molecule has 5 saturated heterocycles. The van der Waals surface area contributed by atoms with Gasteiger partial charge in [0.2, 0.25) is 0 Å². The molecule has 5 heterocycles. The molecule has 8 fully saturated rings. The zero-order valence-electron chi connectivity index (χ0n) is 55.0. The average molecular weight is 1450 g/mol. The number of fused-ring (bicyclic) bond motifs is 5. The molecule has 3 saturated carbocycles. The van der Waals surface area contributed by atoms with Gasteiger partial charge in [-0.05, 0) is 118 Å². The maximum absolute atomic E-state index is 12.6. The molecule has 34 nitrogen and oxygen atoms in total.